The number of rotatable bonds is 3. The fraction of sp³-hybridized carbons (Fsp3) is 0.400. The highest BCUT2D eigenvalue weighted by molar-refractivity contribution is 9.10. The fourth-order valence-corrected chi connectivity index (χ4v) is 1.98. The molecule has 0 fully saturated rings. The molecule has 0 unspecified atom stereocenters. The van der Waals surface area contributed by atoms with Crippen molar-refractivity contribution < 1.29 is 19.0 Å². The van der Waals surface area contributed by atoms with E-state index >= 15 is 0 Å². The Morgan fingerprint density at radius 2 is 2.27 bits per heavy atom. The maximum Gasteiger partial charge on any atom is 0.231 e. The van der Waals surface area contributed by atoms with Crippen LogP contribution in [0.4, 0.5) is 4.39 Å². The molecule has 3 nitrogen and oxygen atoms in total. The van der Waals surface area contributed by atoms with Crippen molar-refractivity contribution in [2.75, 3.05) is 13.4 Å². The fourth-order valence-electron chi connectivity index (χ4n) is 1.53. The average Bonchev–Trinajstić information content (AvgIpc) is 2.66. The third-order valence-electron chi connectivity index (χ3n) is 2.23. The predicted molar refractivity (Wildman–Crippen MR) is 55.6 cm³/mol. The van der Waals surface area contributed by atoms with Gasteiger partial charge in [-0.3, -0.25) is 0 Å². The largest absolute Gasteiger partial charge is 0.454 e. The molecule has 5 heteroatoms. The van der Waals surface area contributed by atoms with Gasteiger partial charge in [-0.15, -0.1) is 0 Å². The van der Waals surface area contributed by atoms with Gasteiger partial charge in [-0.05, 0) is 28.8 Å². The van der Waals surface area contributed by atoms with Gasteiger partial charge >= 0.3 is 0 Å². The lowest BCUT2D eigenvalue weighted by molar-refractivity contribution is 0.173. The number of hydrogen-bond acceptors (Lipinski definition) is 3. The molecule has 0 aliphatic carbocycles. The number of aliphatic hydroxyl groups excluding tert-OH is 1. The first-order valence-corrected chi connectivity index (χ1v) is 5.40. The topological polar surface area (TPSA) is 38.7 Å². The second kappa shape index (κ2) is 4.37. The molecule has 1 aromatic carbocycles. The Labute approximate surface area is 94.9 Å². The Hall–Kier alpha value is -0.810. The molecule has 82 valence electrons. The van der Waals surface area contributed by atoms with Gasteiger partial charge in [0.25, 0.3) is 0 Å². The number of ether oxygens (including phenoxy) is 2. The molecule has 0 aromatic heterocycles. The summed E-state index contributed by atoms with van der Waals surface area (Å²) in [4.78, 5) is 0. The lowest BCUT2D eigenvalue weighted by atomic mass is 10.1. The Morgan fingerprint density at radius 1 is 1.47 bits per heavy atom. The van der Waals surface area contributed by atoms with Gasteiger partial charge in [0.15, 0.2) is 11.5 Å². The maximum absolute atomic E-state index is 13.7. The molecule has 1 aromatic rings. The van der Waals surface area contributed by atoms with Crippen LogP contribution in [-0.4, -0.2) is 18.5 Å². The highest BCUT2D eigenvalue weighted by Gasteiger charge is 2.23. The Morgan fingerprint density at radius 3 is 3.00 bits per heavy atom. The van der Waals surface area contributed by atoms with Gasteiger partial charge in [-0.1, -0.05) is 0 Å². The molecule has 0 spiro atoms. The molecule has 0 amide bonds. The van der Waals surface area contributed by atoms with E-state index < -0.39 is 0 Å². The third kappa shape index (κ3) is 1.94. The molecule has 0 atom stereocenters. The summed E-state index contributed by atoms with van der Waals surface area (Å²) in [6, 6.07) is 1.56. The molecule has 2 rings (SSSR count). The van der Waals surface area contributed by atoms with Crippen LogP contribution in [0.25, 0.3) is 0 Å². The average molecular weight is 277 g/mol. The van der Waals surface area contributed by atoms with Crippen molar-refractivity contribution in [1.82, 2.24) is 0 Å². The summed E-state index contributed by atoms with van der Waals surface area (Å²) in [6.07, 6.45) is 0.941. The van der Waals surface area contributed by atoms with Gasteiger partial charge in [-0.25, -0.2) is 4.39 Å². The molecule has 1 aliphatic heterocycles. The van der Waals surface area contributed by atoms with Crippen molar-refractivity contribution in [2.45, 2.75) is 12.8 Å². The van der Waals surface area contributed by atoms with Gasteiger partial charge in [0.2, 0.25) is 6.79 Å². The van der Waals surface area contributed by atoms with Crippen molar-refractivity contribution in [3.63, 3.8) is 0 Å². The van der Waals surface area contributed by atoms with Crippen molar-refractivity contribution in [1.29, 1.82) is 0 Å². The summed E-state index contributed by atoms with van der Waals surface area (Å²) in [5.74, 6) is 0.674. The minimum atomic E-state index is -0.340. The van der Waals surface area contributed by atoms with Crippen LogP contribution in [0.3, 0.4) is 0 Å². The summed E-state index contributed by atoms with van der Waals surface area (Å²) < 4.78 is 24.4. The lowest BCUT2D eigenvalue weighted by Crippen LogP contribution is -1.98. The Bertz CT molecular complexity index is 381. The molecule has 1 N–H and O–H groups in total. The number of benzene rings is 1. The summed E-state index contributed by atoms with van der Waals surface area (Å²) in [6.45, 7) is 0.152. The van der Waals surface area contributed by atoms with Crippen LogP contribution in [-0.2, 0) is 6.42 Å². The second-order valence-electron chi connectivity index (χ2n) is 3.21. The van der Waals surface area contributed by atoms with E-state index in [0.717, 1.165) is 0 Å². The molecule has 1 heterocycles. The predicted octanol–water partition coefficient (Wildman–Crippen LogP) is 2.24. The molecule has 0 saturated heterocycles. The van der Waals surface area contributed by atoms with Crippen LogP contribution >= 0.6 is 15.9 Å². The smallest absolute Gasteiger partial charge is 0.231 e. The molecular formula is C10H10BrFO3. The molecule has 0 bridgehead atoms. The zero-order chi connectivity index (χ0) is 10.8. The minimum Gasteiger partial charge on any atom is -0.454 e. The van der Waals surface area contributed by atoms with Crippen molar-refractivity contribution in [3.8, 4) is 11.5 Å². The lowest BCUT2D eigenvalue weighted by Gasteiger charge is -2.07. The SMILES string of the molecule is OCCCc1c(F)c(Br)cc2c1OCO2. The summed E-state index contributed by atoms with van der Waals surface area (Å²) in [7, 11) is 0. The molecule has 0 saturated carbocycles. The molecule has 0 radical (unpaired) electrons. The van der Waals surface area contributed by atoms with Crippen LogP contribution < -0.4 is 9.47 Å². The van der Waals surface area contributed by atoms with Gasteiger partial charge in [0.1, 0.15) is 5.82 Å². The van der Waals surface area contributed by atoms with Crippen molar-refractivity contribution >= 4 is 15.9 Å². The van der Waals surface area contributed by atoms with E-state index in [1.807, 2.05) is 0 Å². The first-order valence-electron chi connectivity index (χ1n) is 4.61. The van der Waals surface area contributed by atoms with Crippen LogP contribution in [0, 0.1) is 5.82 Å². The van der Waals surface area contributed by atoms with Crippen LogP contribution in [0.2, 0.25) is 0 Å². The Kier molecular flexibility index (Phi) is 3.11. The third-order valence-corrected chi connectivity index (χ3v) is 2.81. The van der Waals surface area contributed by atoms with E-state index in [1.54, 1.807) is 6.07 Å². The number of aliphatic hydroxyl groups is 1. The van der Waals surface area contributed by atoms with Gasteiger partial charge in [0, 0.05) is 18.2 Å². The van der Waals surface area contributed by atoms with Gasteiger partial charge < -0.3 is 14.6 Å². The summed E-state index contributed by atoms with van der Waals surface area (Å²) in [5, 5.41) is 8.73. The number of halogens is 2. The first kappa shape index (κ1) is 10.7. The quantitative estimate of drug-likeness (QED) is 0.920. The van der Waals surface area contributed by atoms with Crippen LogP contribution in [0.5, 0.6) is 11.5 Å². The van der Waals surface area contributed by atoms with E-state index in [4.69, 9.17) is 14.6 Å². The zero-order valence-corrected chi connectivity index (χ0v) is 9.51. The van der Waals surface area contributed by atoms with Gasteiger partial charge in [-0.2, -0.15) is 0 Å². The van der Waals surface area contributed by atoms with Crippen LogP contribution in [0.1, 0.15) is 12.0 Å². The molecular weight excluding hydrogens is 267 g/mol. The molecule has 15 heavy (non-hydrogen) atoms. The minimum absolute atomic E-state index is 0.0293. The van der Waals surface area contributed by atoms with Crippen LogP contribution in [0.15, 0.2) is 10.5 Å². The summed E-state index contributed by atoms with van der Waals surface area (Å²) >= 11 is 3.12. The zero-order valence-electron chi connectivity index (χ0n) is 7.93. The van der Waals surface area contributed by atoms with Gasteiger partial charge in [0.05, 0.1) is 4.47 Å². The van der Waals surface area contributed by atoms with Crippen molar-refractivity contribution in [3.05, 3.63) is 21.9 Å². The van der Waals surface area contributed by atoms with E-state index in [9.17, 15) is 4.39 Å². The Balaban J connectivity index is 2.41. The monoisotopic (exact) mass is 276 g/mol. The first-order chi connectivity index (χ1) is 7.24. The van der Waals surface area contributed by atoms with E-state index in [1.165, 1.54) is 0 Å². The highest BCUT2D eigenvalue weighted by Crippen LogP contribution is 2.41. The summed E-state index contributed by atoms with van der Waals surface area (Å²) in [5.41, 5.74) is 0.464. The van der Waals surface area contributed by atoms with E-state index in [0.29, 0.717) is 34.4 Å². The van der Waals surface area contributed by atoms with Crippen molar-refractivity contribution in [2.24, 2.45) is 0 Å². The maximum atomic E-state index is 13.7. The second-order valence-corrected chi connectivity index (χ2v) is 4.07. The standard InChI is InChI=1S/C10H10BrFO3/c11-7-4-8-10(15-5-14-8)6(9(7)12)2-1-3-13/h4,13H,1-3,5H2. The van der Waals surface area contributed by atoms with E-state index in [2.05, 4.69) is 15.9 Å². The highest BCUT2D eigenvalue weighted by atomic mass is 79.9. The number of hydrogen-bond donors (Lipinski definition) is 1. The molecule has 1 aliphatic rings. The number of fused-ring (bicyclic) bond motifs is 1. The normalized spacial score (nSPS) is 13.3. The van der Waals surface area contributed by atoms with E-state index in [-0.39, 0.29) is 19.2 Å².